The molecule has 0 spiro atoms. The minimum absolute atomic E-state index is 0.300. The zero-order chi connectivity index (χ0) is 12.8. The van der Waals surface area contributed by atoms with Gasteiger partial charge in [-0.15, -0.1) is 0 Å². The maximum atomic E-state index is 11.7. The lowest BCUT2D eigenvalue weighted by molar-refractivity contribution is 0.100. The molecule has 0 fully saturated rings. The molecule has 0 unspecified atom stereocenters. The first-order chi connectivity index (χ1) is 8.77. The quantitative estimate of drug-likeness (QED) is 0.610. The number of benzene rings is 1. The number of aliphatic imine (C=N–C) groups is 1. The summed E-state index contributed by atoms with van der Waals surface area (Å²) in [6.45, 7) is 0. The molecule has 90 valence electrons. The molecule has 1 aromatic heterocycles. The fourth-order valence-corrected chi connectivity index (χ4v) is 1.43. The van der Waals surface area contributed by atoms with Gasteiger partial charge in [-0.05, 0) is 24.3 Å². The summed E-state index contributed by atoms with van der Waals surface area (Å²) in [4.78, 5) is 21.3. The highest BCUT2D eigenvalue weighted by Crippen LogP contribution is 2.09. The van der Waals surface area contributed by atoms with E-state index in [0.717, 1.165) is 5.69 Å². The summed E-state index contributed by atoms with van der Waals surface area (Å²) in [5.41, 5.74) is 1.45. The summed E-state index contributed by atoms with van der Waals surface area (Å²) in [5.74, 6) is -0.300. The summed E-state index contributed by atoms with van der Waals surface area (Å²) in [7, 11) is 1.84. The Morgan fingerprint density at radius 2 is 2.00 bits per heavy atom. The molecular formula is C14H13N3O. The standard InChI is InChI=1S/C14H13N3O/c1-17(13-7-3-2-4-8-13)11-16-14(18)12-6-5-9-15-10-12/h2-11H,1H3. The molecule has 2 rings (SSSR count). The molecule has 0 saturated carbocycles. The molecular weight excluding hydrogens is 226 g/mol. The van der Waals surface area contributed by atoms with Crippen molar-refractivity contribution in [2.24, 2.45) is 4.99 Å². The van der Waals surface area contributed by atoms with Crippen LogP contribution in [0, 0.1) is 0 Å². The summed E-state index contributed by atoms with van der Waals surface area (Å²) in [5, 5.41) is 0. The summed E-state index contributed by atoms with van der Waals surface area (Å²) in [6, 6.07) is 13.1. The number of carbonyl (C=O) groups is 1. The van der Waals surface area contributed by atoms with E-state index in [1.54, 1.807) is 23.2 Å². The third-order valence-electron chi connectivity index (χ3n) is 2.42. The van der Waals surface area contributed by atoms with Crippen LogP contribution in [-0.4, -0.2) is 24.3 Å². The van der Waals surface area contributed by atoms with Gasteiger partial charge in [0, 0.05) is 25.1 Å². The Hall–Kier alpha value is -2.49. The minimum atomic E-state index is -0.300. The smallest absolute Gasteiger partial charge is 0.279 e. The van der Waals surface area contributed by atoms with Gasteiger partial charge in [-0.1, -0.05) is 18.2 Å². The molecule has 0 radical (unpaired) electrons. The SMILES string of the molecule is CN(C=NC(=O)c1cccnc1)c1ccccc1. The maximum Gasteiger partial charge on any atom is 0.279 e. The second-order valence-electron chi connectivity index (χ2n) is 3.74. The molecule has 0 aliphatic rings. The number of amides is 1. The fourth-order valence-electron chi connectivity index (χ4n) is 1.43. The maximum absolute atomic E-state index is 11.7. The molecule has 0 bridgehead atoms. The van der Waals surface area contributed by atoms with Crippen molar-refractivity contribution in [3.05, 3.63) is 60.4 Å². The Morgan fingerprint density at radius 3 is 2.67 bits per heavy atom. The minimum Gasteiger partial charge on any atom is -0.335 e. The van der Waals surface area contributed by atoms with Gasteiger partial charge in [-0.25, -0.2) is 0 Å². The van der Waals surface area contributed by atoms with Crippen molar-refractivity contribution in [3.63, 3.8) is 0 Å². The van der Waals surface area contributed by atoms with Gasteiger partial charge in [0.1, 0.15) is 0 Å². The van der Waals surface area contributed by atoms with Crippen LogP contribution in [0.4, 0.5) is 5.69 Å². The number of hydrogen-bond acceptors (Lipinski definition) is 2. The van der Waals surface area contributed by atoms with Crippen LogP contribution in [0.25, 0.3) is 0 Å². The summed E-state index contributed by atoms with van der Waals surface area (Å²) >= 11 is 0. The van der Waals surface area contributed by atoms with Gasteiger partial charge in [0.2, 0.25) is 0 Å². The van der Waals surface area contributed by atoms with Crippen molar-refractivity contribution in [2.75, 3.05) is 11.9 Å². The lowest BCUT2D eigenvalue weighted by atomic mass is 10.3. The predicted octanol–water partition coefficient (Wildman–Crippen LogP) is 2.39. The van der Waals surface area contributed by atoms with Gasteiger partial charge in [0.05, 0.1) is 11.9 Å². The second kappa shape index (κ2) is 5.72. The molecule has 1 amide bonds. The van der Waals surface area contributed by atoms with E-state index in [9.17, 15) is 4.79 Å². The first-order valence-corrected chi connectivity index (χ1v) is 5.54. The van der Waals surface area contributed by atoms with Gasteiger partial charge >= 0.3 is 0 Å². The molecule has 18 heavy (non-hydrogen) atoms. The molecule has 1 aromatic carbocycles. The van der Waals surface area contributed by atoms with Gasteiger partial charge in [-0.2, -0.15) is 4.99 Å². The van der Waals surface area contributed by atoms with Gasteiger partial charge in [0.25, 0.3) is 5.91 Å². The number of pyridine rings is 1. The number of anilines is 1. The molecule has 0 saturated heterocycles. The zero-order valence-electron chi connectivity index (χ0n) is 10.0. The normalized spacial score (nSPS) is 10.5. The second-order valence-corrected chi connectivity index (χ2v) is 3.74. The van der Waals surface area contributed by atoms with E-state index < -0.39 is 0 Å². The Balaban J connectivity index is 2.06. The van der Waals surface area contributed by atoms with Gasteiger partial charge in [0.15, 0.2) is 0 Å². The molecule has 0 atom stereocenters. The van der Waals surface area contributed by atoms with E-state index in [1.165, 1.54) is 12.5 Å². The monoisotopic (exact) mass is 239 g/mol. The molecule has 1 heterocycles. The highest BCUT2D eigenvalue weighted by Gasteiger charge is 2.02. The van der Waals surface area contributed by atoms with Crippen LogP contribution >= 0.6 is 0 Å². The average Bonchev–Trinajstić information content (AvgIpc) is 2.46. The highest BCUT2D eigenvalue weighted by atomic mass is 16.1. The van der Waals surface area contributed by atoms with E-state index in [4.69, 9.17) is 0 Å². The van der Waals surface area contributed by atoms with Crippen molar-refractivity contribution in [2.45, 2.75) is 0 Å². The van der Waals surface area contributed by atoms with Gasteiger partial charge < -0.3 is 4.90 Å². The van der Waals surface area contributed by atoms with Crippen LogP contribution in [0.15, 0.2) is 59.9 Å². The Morgan fingerprint density at radius 1 is 1.22 bits per heavy atom. The molecule has 4 nitrogen and oxygen atoms in total. The van der Waals surface area contributed by atoms with Crippen LogP contribution in [-0.2, 0) is 0 Å². The van der Waals surface area contributed by atoms with E-state index in [0.29, 0.717) is 5.56 Å². The number of carbonyl (C=O) groups excluding carboxylic acids is 1. The Bertz CT molecular complexity index is 537. The number of aromatic nitrogens is 1. The average molecular weight is 239 g/mol. The molecule has 0 aliphatic carbocycles. The highest BCUT2D eigenvalue weighted by molar-refractivity contribution is 6.00. The van der Waals surface area contributed by atoms with Crippen LogP contribution in [0.2, 0.25) is 0 Å². The van der Waals surface area contributed by atoms with Gasteiger partial charge in [-0.3, -0.25) is 9.78 Å². The molecule has 0 N–H and O–H groups in total. The van der Waals surface area contributed by atoms with Crippen LogP contribution in [0.3, 0.4) is 0 Å². The summed E-state index contributed by atoms with van der Waals surface area (Å²) < 4.78 is 0. The molecule has 0 aliphatic heterocycles. The number of rotatable bonds is 3. The fraction of sp³-hybridized carbons (Fsp3) is 0.0714. The zero-order valence-corrected chi connectivity index (χ0v) is 10.0. The van der Waals surface area contributed by atoms with E-state index in [2.05, 4.69) is 9.98 Å². The molecule has 4 heteroatoms. The van der Waals surface area contributed by atoms with Crippen molar-refractivity contribution >= 4 is 17.9 Å². The van der Waals surface area contributed by atoms with Crippen LogP contribution in [0.5, 0.6) is 0 Å². The summed E-state index contributed by atoms with van der Waals surface area (Å²) in [6.07, 6.45) is 4.63. The van der Waals surface area contributed by atoms with Crippen LogP contribution in [0.1, 0.15) is 10.4 Å². The van der Waals surface area contributed by atoms with Crippen molar-refractivity contribution in [1.82, 2.24) is 4.98 Å². The van der Waals surface area contributed by atoms with Crippen molar-refractivity contribution < 1.29 is 4.79 Å². The lowest BCUT2D eigenvalue weighted by Gasteiger charge is -2.11. The number of nitrogens with zero attached hydrogens (tertiary/aromatic N) is 3. The third kappa shape index (κ3) is 3.01. The Labute approximate surface area is 106 Å². The topological polar surface area (TPSA) is 45.6 Å². The molecule has 2 aromatic rings. The lowest BCUT2D eigenvalue weighted by Crippen LogP contribution is -2.15. The number of para-hydroxylation sites is 1. The van der Waals surface area contributed by atoms with E-state index in [1.807, 2.05) is 37.4 Å². The largest absolute Gasteiger partial charge is 0.335 e. The number of hydrogen-bond donors (Lipinski definition) is 0. The van der Waals surface area contributed by atoms with Crippen molar-refractivity contribution in [1.29, 1.82) is 0 Å². The van der Waals surface area contributed by atoms with E-state index in [-0.39, 0.29) is 5.91 Å². The van der Waals surface area contributed by atoms with Crippen LogP contribution < -0.4 is 4.90 Å². The first-order valence-electron chi connectivity index (χ1n) is 5.54. The third-order valence-corrected chi connectivity index (χ3v) is 2.42. The van der Waals surface area contributed by atoms with Crippen molar-refractivity contribution in [3.8, 4) is 0 Å². The Kier molecular flexibility index (Phi) is 3.81. The van der Waals surface area contributed by atoms with E-state index >= 15 is 0 Å². The first kappa shape index (κ1) is 12.0. The predicted molar refractivity (Wildman–Crippen MR) is 71.9 cm³/mol.